The molecule has 1 aromatic heterocycles. The lowest BCUT2D eigenvalue weighted by atomic mass is 9.97. The van der Waals surface area contributed by atoms with Crippen molar-refractivity contribution in [3.8, 4) is 0 Å². The molecule has 0 spiro atoms. The summed E-state index contributed by atoms with van der Waals surface area (Å²) in [6, 6.07) is 2.71. The van der Waals surface area contributed by atoms with Crippen molar-refractivity contribution >= 4 is 23.9 Å². The van der Waals surface area contributed by atoms with Gasteiger partial charge in [0.1, 0.15) is 11.3 Å². The van der Waals surface area contributed by atoms with Crippen LogP contribution in [0.4, 0.5) is 4.79 Å². The van der Waals surface area contributed by atoms with Crippen LogP contribution in [0.25, 0.3) is 6.08 Å². The number of barbiturate groups is 1. The molecule has 6 heteroatoms. The number of carbonyl (C=O) groups excluding carboxylic acids is 3. The normalized spacial score (nSPS) is 17.1. The Morgan fingerprint density at radius 2 is 1.39 bits per heavy atom. The van der Waals surface area contributed by atoms with E-state index in [-0.39, 0.29) is 5.57 Å². The summed E-state index contributed by atoms with van der Waals surface area (Å²) < 4.78 is 5.20. The molecule has 0 unspecified atom stereocenters. The second-order valence-corrected chi connectivity index (χ2v) is 7.48. The van der Waals surface area contributed by atoms with Crippen molar-refractivity contribution in [3.05, 3.63) is 29.7 Å². The van der Waals surface area contributed by atoms with Crippen molar-refractivity contribution in [2.24, 2.45) is 0 Å². The zero-order chi connectivity index (χ0) is 17.6. The highest BCUT2D eigenvalue weighted by Gasteiger charge is 2.49. The second-order valence-electron chi connectivity index (χ2n) is 7.48. The van der Waals surface area contributed by atoms with Crippen LogP contribution in [0.5, 0.6) is 0 Å². The van der Waals surface area contributed by atoms with Gasteiger partial charge in [-0.15, -0.1) is 0 Å². The molecule has 6 nitrogen and oxygen atoms in total. The maximum absolute atomic E-state index is 12.7. The fourth-order valence-electron chi connectivity index (χ4n) is 2.43. The summed E-state index contributed by atoms with van der Waals surface area (Å²) in [7, 11) is 0. The van der Waals surface area contributed by atoms with Crippen LogP contribution in [0.15, 0.2) is 28.4 Å². The summed E-state index contributed by atoms with van der Waals surface area (Å²) in [5.41, 5.74) is -1.58. The van der Waals surface area contributed by atoms with E-state index < -0.39 is 28.9 Å². The fraction of sp³-hybridized carbons (Fsp3) is 0.471. The molecular weight excluding hydrogens is 296 g/mol. The van der Waals surface area contributed by atoms with Gasteiger partial charge in [-0.25, -0.2) is 4.79 Å². The largest absolute Gasteiger partial charge is 0.465 e. The summed E-state index contributed by atoms with van der Waals surface area (Å²) in [4.78, 5) is 40.5. The summed E-state index contributed by atoms with van der Waals surface area (Å²) in [6.07, 6.45) is 2.84. The average Bonchev–Trinajstić information content (AvgIpc) is 2.83. The van der Waals surface area contributed by atoms with Crippen molar-refractivity contribution in [1.29, 1.82) is 0 Å². The average molecular weight is 318 g/mol. The summed E-state index contributed by atoms with van der Waals surface area (Å²) >= 11 is 0. The van der Waals surface area contributed by atoms with Gasteiger partial charge in [0, 0.05) is 11.1 Å². The van der Waals surface area contributed by atoms with Crippen LogP contribution in [-0.4, -0.2) is 38.7 Å². The van der Waals surface area contributed by atoms with Gasteiger partial charge in [0.05, 0.1) is 6.26 Å². The third-order valence-electron chi connectivity index (χ3n) is 3.42. The molecule has 1 saturated heterocycles. The first-order valence-corrected chi connectivity index (χ1v) is 7.43. The maximum Gasteiger partial charge on any atom is 0.334 e. The molecule has 124 valence electrons. The van der Waals surface area contributed by atoms with Crippen LogP contribution in [0.2, 0.25) is 0 Å². The first kappa shape index (κ1) is 17.0. The van der Waals surface area contributed by atoms with Crippen LogP contribution in [0, 0.1) is 0 Å². The minimum absolute atomic E-state index is 0.0793. The first-order valence-electron chi connectivity index (χ1n) is 7.43. The Balaban J connectivity index is 2.61. The van der Waals surface area contributed by atoms with E-state index in [0.717, 1.165) is 9.80 Å². The number of imide groups is 2. The molecule has 1 aromatic rings. The topological polar surface area (TPSA) is 70.8 Å². The number of urea groups is 1. The van der Waals surface area contributed by atoms with E-state index in [2.05, 4.69) is 0 Å². The van der Waals surface area contributed by atoms with Crippen LogP contribution in [-0.2, 0) is 9.59 Å². The molecule has 4 amide bonds. The first-order chi connectivity index (χ1) is 10.4. The van der Waals surface area contributed by atoms with E-state index in [9.17, 15) is 14.4 Å². The number of furan rings is 1. The van der Waals surface area contributed by atoms with E-state index in [4.69, 9.17) is 4.42 Å². The number of hydrogen-bond acceptors (Lipinski definition) is 4. The van der Waals surface area contributed by atoms with Gasteiger partial charge in [-0.3, -0.25) is 19.4 Å². The number of rotatable bonds is 1. The molecule has 0 saturated carbocycles. The van der Waals surface area contributed by atoms with Gasteiger partial charge in [-0.1, -0.05) is 0 Å². The van der Waals surface area contributed by atoms with Crippen molar-refractivity contribution in [1.82, 2.24) is 9.80 Å². The van der Waals surface area contributed by atoms with Gasteiger partial charge < -0.3 is 4.42 Å². The van der Waals surface area contributed by atoms with E-state index >= 15 is 0 Å². The molecule has 0 radical (unpaired) electrons. The van der Waals surface area contributed by atoms with Crippen molar-refractivity contribution in [2.45, 2.75) is 52.6 Å². The van der Waals surface area contributed by atoms with Crippen molar-refractivity contribution in [3.63, 3.8) is 0 Å². The summed E-state index contributed by atoms with van der Waals surface area (Å²) in [6.45, 7) is 10.5. The third-order valence-corrected chi connectivity index (χ3v) is 3.42. The van der Waals surface area contributed by atoms with Gasteiger partial charge in [0.15, 0.2) is 0 Å². The van der Waals surface area contributed by atoms with Crippen molar-refractivity contribution < 1.29 is 18.8 Å². The lowest BCUT2D eigenvalue weighted by molar-refractivity contribution is -0.141. The predicted octanol–water partition coefficient (Wildman–Crippen LogP) is 3.05. The van der Waals surface area contributed by atoms with Crippen LogP contribution in [0.3, 0.4) is 0 Å². The molecular formula is C17H22N2O4. The molecule has 1 aliphatic rings. The zero-order valence-corrected chi connectivity index (χ0v) is 14.3. The molecule has 2 rings (SSSR count). The minimum Gasteiger partial charge on any atom is -0.465 e. The Morgan fingerprint density at radius 1 is 0.913 bits per heavy atom. The lowest BCUT2D eigenvalue weighted by Gasteiger charge is -2.45. The molecule has 1 fully saturated rings. The monoisotopic (exact) mass is 318 g/mol. The fourth-order valence-corrected chi connectivity index (χ4v) is 2.43. The number of hydrogen-bond donors (Lipinski definition) is 0. The van der Waals surface area contributed by atoms with E-state index in [1.54, 1.807) is 53.7 Å². The lowest BCUT2D eigenvalue weighted by Crippen LogP contribution is -2.65. The second kappa shape index (κ2) is 5.37. The Morgan fingerprint density at radius 3 is 1.74 bits per heavy atom. The molecule has 0 aliphatic carbocycles. The Bertz CT molecular complexity index is 634. The Labute approximate surface area is 135 Å². The molecule has 0 atom stereocenters. The highest BCUT2D eigenvalue weighted by molar-refractivity contribution is 6.31. The van der Waals surface area contributed by atoms with Crippen LogP contribution < -0.4 is 0 Å². The molecule has 1 aliphatic heterocycles. The highest BCUT2D eigenvalue weighted by atomic mass is 16.3. The molecule has 23 heavy (non-hydrogen) atoms. The highest BCUT2D eigenvalue weighted by Crippen LogP contribution is 2.30. The number of nitrogens with zero attached hydrogens (tertiary/aromatic N) is 2. The minimum atomic E-state index is -0.749. The van der Waals surface area contributed by atoms with Gasteiger partial charge >= 0.3 is 6.03 Å². The number of carbonyl (C=O) groups is 3. The smallest absolute Gasteiger partial charge is 0.334 e. The van der Waals surface area contributed by atoms with E-state index in [1.807, 2.05) is 0 Å². The van der Waals surface area contributed by atoms with E-state index in [1.165, 1.54) is 12.3 Å². The quantitative estimate of drug-likeness (QED) is 0.589. The van der Waals surface area contributed by atoms with Gasteiger partial charge in [-0.05, 0) is 59.8 Å². The summed E-state index contributed by atoms with van der Waals surface area (Å²) in [5, 5.41) is 0. The Hall–Kier alpha value is -2.37. The summed E-state index contributed by atoms with van der Waals surface area (Å²) in [5.74, 6) is -0.826. The van der Waals surface area contributed by atoms with Gasteiger partial charge in [0.25, 0.3) is 11.8 Å². The maximum atomic E-state index is 12.7. The number of amides is 4. The Kier molecular flexibility index (Phi) is 3.96. The molecule has 0 aromatic carbocycles. The van der Waals surface area contributed by atoms with Crippen molar-refractivity contribution in [2.75, 3.05) is 0 Å². The predicted molar refractivity (Wildman–Crippen MR) is 85.3 cm³/mol. The molecule has 0 N–H and O–H groups in total. The van der Waals surface area contributed by atoms with E-state index in [0.29, 0.717) is 5.76 Å². The SMILES string of the molecule is CC(C)(C)N1C(=O)C(=Cc2ccco2)C(=O)N(C(C)(C)C)C1=O. The standard InChI is InChI=1S/C17H22N2O4/c1-16(2,3)18-13(20)12(10-11-8-7-9-23-11)14(21)19(15(18)22)17(4,5)6/h7-10H,1-6H3. The third kappa shape index (κ3) is 3.06. The van der Waals surface area contributed by atoms with Gasteiger partial charge in [0.2, 0.25) is 0 Å². The molecule has 2 heterocycles. The van der Waals surface area contributed by atoms with Gasteiger partial charge in [-0.2, -0.15) is 0 Å². The van der Waals surface area contributed by atoms with Crippen LogP contribution >= 0.6 is 0 Å². The zero-order valence-electron chi connectivity index (χ0n) is 14.3. The molecule has 0 bridgehead atoms. The van der Waals surface area contributed by atoms with Crippen LogP contribution in [0.1, 0.15) is 47.3 Å².